The molecule has 0 saturated carbocycles. The first-order valence-electron chi connectivity index (χ1n) is 15.0. The number of hydrogen-bond acceptors (Lipinski definition) is 9. The molecule has 0 bridgehead atoms. The van der Waals surface area contributed by atoms with Gasteiger partial charge in [-0.3, -0.25) is 0 Å². The average molecular weight is 636 g/mol. The van der Waals surface area contributed by atoms with Crippen LogP contribution in [0.2, 0.25) is 5.02 Å². The van der Waals surface area contributed by atoms with Crippen molar-refractivity contribution >= 4 is 46.3 Å². The largest absolute Gasteiger partial charge is 0.459 e. The summed E-state index contributed by atoms with van der Waals surface area (Å²) in [6.45, 7) is 8.89. The number of carbonyl (C=O) groups excluding carboxylic acids is 1. The van der Waals surface area contributed by atoms with Gasteiger partial charge in [0.15, 0.2) is 5.83 Å². The highest BCUT2D eigenvalue weighted by molar-refractivity contribution is 6.35. The minimum absolute atomic E-state index is 0.0460. The van der Waals surface area contributed by atoms with Crippen LogP contribution in [-0.4, -0.2) is 83.9 Å². The highest BCUT2D eigenvalue weighted by atomic mass is 35.5. The minimum Gasteiger partial charge on any atom is -0.459 e. The second-order valence-electron chi connectivity index (χ2n) is 12.7. The van der Waals surface area contributed by atoms with E-state index in [1.807, 2.05) is 61.2 Å². The molecule has 5 rings (SSSR count). The molecule has 0 spiro atoms. The minimum atomic E-state index is -0.841. The Morgan fingerprint density at radius 2 is 1.96 bits per heavy atom. The van der Waals surface area contributed by atoms with Gasteiger partial charge in [0.2, 0.25) is 0 Å². The molecule has 0 radical (unpaired) electrons. The zero-order valence-corrected chi connectivity index (χ0v) is 27.2. The van der Waals surface area contributed by atoms with E-state index < -0.39 is 29.6 Å². The number of fused-ring (bicyclic) bond motifs is 2. The van der Waals surface area contributed by atoms with Gasteiger partial charge in [-0.1, -0.05) is 41.9 Å². The van der Waals surface area contributed by atoms with E-state index in [1.165, 1.54) is 0 Å². The van der Waals surface area contributed by atoms with Crippen molar-refractivity contribution in [2.45, 2.75) is 57.9 Å². The third-order valence-corrected chi connectivity index (χ3v) is 7.96. The number of aromatic nitrogens is 2. The molecule has 1 unspecified atom stereocenters. The van der Waals surface area contributed by atoms with Gasteiger partial charge in [0.25, 0.3) is 0 Å². The van der Waals surface area contributed by atoms with E-state index >= 15 is 4.39 Å². The molecule has 2 aliphatic heterocycles. The topological polar surface area (TPSA) is 107 Å². The molecular formula is C33H39ClFN7O3. The van der Waals surface area contributed by atoms with Crippen molar-refractivity contribution in [3.05, 3.63) is 57.6 Å². The zero-order chi connectivity index (χ0) is 32.5. The van der Waals surface area contributed by atoms with E-state index in [1.54, 1.807) is 37.9 Å². The first kappa shape index (κ1) is 32.3. The number of anilines is 1. The number of likely N-dealkylation sites (N-methyl/N-ethyl adjacent to an activating group) is 1. The molecule has 3 atom stereocenters. The van der Waals surface area contributed by atoms with Gasteiger partial charge in [0.1, 0.15) is 28.9 Å². The van der Waals surface area contributed by atoms with Crippen LogP contribution in [0.4, 0.5) is 15.0 Å². The van der Waals surface area contributed by atoms with Gasteiger partial charge in [0, 0.05) is 42.8 Å². The molecule has 1 aromatic heterocycles. The van der Waals surface area contributed by atoms with Gasteiger partial charge < -0.3 is 29.5 Å². The van der Waals surface area contributed by atoms with Gasteiger partial charge in [-0.05, 0) is 58.8 Å². The number of hydrogen-bond donors (Lipinski definition) is 1. The lowest BCUT2D eigenvalue weighted by molar-refractivity contribution is 0.0144. The van der Waals surface area contributed by atoms with Crippen LogP contribution in [0.15, 0.2) is 36.4 Å². The summed E-state index contributed by atoms with van der Waals surface area (Å²) in [6.07, 6.45) is 1.07. The molecule has 45 heavy (non-hydrogen) atoms. The van der Waals surface area contributed by atoms with Crippen LogP contribution in [0, 0.1) is 11.3 Å². The molecular weight excluding hydrogens is 597 g/mol. The molecule has 238 valence electrons. The molecule has 2 aliphatic rings. The van der Waals surface area contributed by atoms with Crippen molar-refractivity contribution in [3.63, 3.8) is 0 Å². The second-order valence-corrected chi connectivity index (χ2v) is 13.1. The Labute approximate surface area is 267 Å². The van der Waals surface area contributed by atoms with Crippen LogP contribution in [0.1, 0.15) is 45.7 Å². The predicted molar refractivity (Wildman–Crippen MR) is 173 cm³/mol. The standard InChI is InChI=1S/C33H39ClFN7O3/c1-20(18-40(5)6)44-31-38-29-24(17-37-28(27(29)35)23-11-7-9-21-10-8-12-25(34)26(21)23)30(39-31)41-15-16-42(22(19-41)13-14-36)32(43)45-33(2,3)4/h7-12,17,20,22,28,37H,13,15-16,18-19H2,1-6H3/t20-,22+,28?/m1/s1. The van der Waals surface area contributed by atoms with Crippen molar-refractivity contribution in [2.24, 2.45) is 0 Å². The maximum absolute atomic E-state index is 16.7. The number of nitrogens with one attached hydrogen (secondary N) is 1. The third-order valence-electron chi connectivity index (χ3n) is 7.64. The Bertz CT molecular complexity index is 1750. The lowest BCUT2D eigenvalue weighted by Gasteiger charge is -2.41. The lowest BCUT2D eigenvalue weighted by atomic mass is 9.96. The van der Waals surface area contributed by atoms with Gasteiger partial charge in [-0.2, -0.15) is 15.2 Å². The highest BCUT2D eigenvalue weighted by Gasteiger charge is 2.35. The van der Waals surface area contributed by atoms with Gasteiger partial charge in [-0.25, -0.2) is 9.18 Å². The lowest BCUT2D eigenvalue weighted by Crippen LogP contribution is -2.58. The van der Waals surface area contributed by atoms with E-state index in [4.69, 9.17) is 26.1 Å². The Kier molecular flexibility index (Phi) is 9.37. The average Bonchev–Trinajstić information content (AvgIpc) is 2.96. The second kappa shape index (κ2) is 13.1. The summed E-state index contributed by atoms with van der Waals surface area (Å²) in [7, 11) is 3.87. The number of carbonyl (C=O) groups is 1. The maximum atomic E-state index is 16.7. The van der Waals surface area contributed by atoms with Crippen molar-refractivity contribution in [2.75, 3.05) is 45.2 Å². The van der Waals surface area contributed by atoms with Crippen molar-refractivity contribution < 1.29 is 18.7 Å². The van der Waals surface area contributed by atoms with E-state index in [9.17, 15) is 10.1 Å². The molecule has 2 aromatic carbocycles. The number of benzene rings is 2. The molecule has 1 saturated heterocycles. The quantitative estimate of drug-likeness (QED) is 0.410. The van der Waals surface area contributed by atoms with Crippen molar-refractivity contribution in [3.8, 4) is 12.1 Å². The number of nitriles is 1. The monoisotopic (exact) mass is 635 g/mol. The number of nitrogens with zero attached hydrogens (tertiary/aromatic N) is 6. The fourth-order valence-electron chi connectivity index (χ4n) is 5.83. The summed E-state index contributed by atoms with van der Waals surface area (Å²) in [5.74, 6) is -0.0365. The fraction of sp³-hybridized carbons (Fsp3) is 0.455. The summed E-state index contributed by atoms with van der Waals surface area (Å²) in [5, 5.41) is 15.6. The molecule has 0 aliphatic carbocycles. The molecule has 3 heterocycles. The number of ether oxygens (including phenoxy) is 2. The van der Waals surface area contributed by atoms with E-state index in [0.717, 1.165) is 10.8 Å². The number of halogens is 2. The Morgan fingerprint density at radius 3 is 2.64 bits per heavy atom. The summed E-state index contributed by atoms with van der Waals surface area (Å²) < 4.78 is 28.4. The summed E-state index contributed by atoms with van der Waals surface area (Å²) in [6, 6.07) is 12.2. The molecule has 3 aromatic rings. The van der Waals surface area contributed by atoms with Crippen LogP contribution in [-0.2, 0) is 4.74 Å². The van der Waals surface area contributed by atoms with Crippen LogP contribution < -0.4 is 25.5 Å². The number of piperazine rings is 1. The Balaban J connectivity index is 1.59. The van der Waals surface area contributed by atoms with Crippen LogP contribution in [0.5, 0.6) is 6.01 Å². The third kappa shape index (κ3) is 7.08. The molecule has 10 nitrogen and oxygen atoms in total. The first-order chi connectivity index (χ1) is 21.4. The van der Waals surface area contributed by atoms with Crippen molar-refractivity contribution in [1.82, 2.24) is 25.1 Å². The highest BCUT2D eigenvalue weighted by Crippen LogP contribution is 2.35. The molecule has 1 N–H and O–H groups in total. The normalized spacial score (nSPS) is 19.0. The van der Waals surface area contributed by atoms with Crippen LogP contribution >= 0.6 is 11.6 Å². The summed E-state index contributed by atoms with van der Waals surface area (Å²) in [4.78, 5) is 27.9. The SMILES string of the molecule is C[C@H](CN(C)C)Oc1nc(N2CCN(C(=O)OC(C)(C)C)[C@@H](CC#N)C2)c2c(n1)=C(F)C(c1cccc3cccc(Cl)c13)NC=2. The molecule has 1 amide bonds. The zero-order valence-electron chi connectivity index (χ0n) is 26.5. The Hall–Kier alpha value is -4.14. The maximum Gasteiger partial charge on any atom is 0.410 e. The van der Waals surface area contributed by atoms with E-state index in [2.05, 4.69) is 16.4 Å². The first-order valence-corrected chi connectivity index (χ1v) is 15.4. The summed E-state index contributed by atoms with van der Waals surface area (Å²) >= 11 is 6.60. The van der Waals surface area contributed by atoms with Crippen molar-refractivity contribution in [1.29, 1.82) is 5.26 Å². The number of rotatable bonds is 7. The number of amides is 1. The van der Waals surface area contributed by atoms with Gasteiger partial charge in [-0.15, -0.1) is 0 Å². The van der Waals surface area contributed by atoms with Gasteiger partial charge >= 0.3 is 12.1 Å². The van der Waals surface area contributed by atoms with Gasteiger partial charge in [0.05, 0.1) is 23.8 Å². The molecule has 1 fully saturated rings. The molecule has 12 heteroatoms. The van der Waals surface area contributed by atoms with E-state index in [-0.39, 0.29) is 23.9 Å². The van der Waals surface area contributed by atoms with Crippen LogP contribution in [0.25, 0.3) is 22.8 Å². The van der Waals surface area contributed by atoms with E-state index in [0.29, 0.717) is 47.8 Å². The smallest absolute Gasteiger partial charge is 0.410 e. The Morgan fingerprint density at radius 1 is 1.22 bits per heavy atom. The van der Waals surface area contributed by atoms with Crippen LogP contribution in [0.3, 0.4) is 0 Å². The fourth-order valence-corrected chi connectivity index (χ4v) is 6.12. The predicted octanol–water partition coefficient (Wildman–Crippen LogP) is 4.11. The summed E-state index contributed by atoms with van der Waals surface area (Å²) in [5.41, 5.74) is 0.00650.